The van der Waals surface area contributed by atoms with Crippen molar-refractivity contribution in [2.45, 2.75) is 13.3 Å². The second kappa shape index (κ2) is 4.93. The van der Waals surface area contributed by atoms with E-state index in [1.807, 2.05) is 16.9 Å². The molecule has 0 saturated heterocycles. The highest BCUT2D eigenvalue weighted by Gasteiger charge is 2.14. The van der Waals surface area contributed by atoms with Gasteiger partial charge in [-0.05, 0) is 6.92 Å². The number of hydrogen-bond donors (Lipinski definition) is 3. The summed E-state index contributed by atoms with van der Waals surface area (Å²) in [7, 11) is 0. The molecule has 0 amide bonds. The van der Waals surface area contributed by atoms with Crippen molar-refractivity contribution in [3.8, 4) is 5.88 Å². The molecule has 0 unspecified atom stereocenters. The Morgan fingerprint density at radius 1 is 1.16 bits per heavy atom. The van der Waals surface area contributed by atoms with E-state index in [1.165, 1.54) is 0 Å². The molecule has 0 aliphatic carbocycles. The molecule has 2 rings (SSSR count). The minimum Gasteiger partial charge on any atom is -0.494 e. The standard InChI is InChI=1S/C13H12N2O4/c1-7-2-4-8(5-3-7)10(16)6-9-11(17)14-13(19)15-12(9)18/h2-5H,6H2,1H3,(H3,14,15,17,18,19). The molecule has 6 nitrogen and oxygen atoms in total. The van der Waals surface area contributed by atoms with Gasteiger partial charge in [-0.25, -0.2) is 4.79 Å². The highest BCUT2D eigenvalue weighted by molar-refractivity contribution is 5.97. The van der Waals surface area contributed by atoms with Gasteiger partial charge in [0.1, 0.15) is 0 Å². The first kappa shape index (κ1) is 12.8. The van der Waals surface area contributed by atoms with Gasteiger partial charge < -0.3 is 5.11 Å². The third-order valence-electron chi connectivity index (χ3n) is 2.73. The van der Waals surface area contributed by atoms with E-state index in [4.69, 9.17) is 0 Å². The van der Waals surface area contributed by atoms with Gasteiger partial charge in [-0.3, -0.25) is 19.6 Å². The molecule has 0 saturated carbocycles. The largest absolute Gasteiger partial charge is 0.494 e. The molecule has 1 heterocycles. The van der Waals surface area contributed by atoms with Crippen LogP contribution < -0.4 is 11.2 Å². The van der Waals surface area contributed by atoms with Crippen molar-refractivity contribution in [3.05, 3.63) is 61.8 Å². The van der Waals surface area contributed by atoms with Crippen LogP contribution in [0.1, 0.15) is 21.5 Å². The lowest BCUT2D eigenvalue weighted by Gasteiger charge is -2.03. The van der Waals surface area contributed by atoms with Crippen LogP contribution >= 0.6 is 0 Å². The fourth-order valence-electron chi connectivity index (χ4n) is 1.67. The number of hydrogen-bond acceptors (Lipinski definition) is 4. The van der Waals surface area contributed by atoms with Crippen LogP contribution in [0.2, 0.25) is 0 Å². The molecule has 0 fully saturated rings. The van der Waals surface area contributed by atoms with Crippen LogP contribution in [0.4, 0.5) is 0 Å². The Balaban J connectivity index is 2.32. The smallest absolute Gasteiger partial charge is 0.328 e. The zero-order valence-corrected chi connectivity index (χ0v) is 10.2. The second-order valence-corrected chi connectivity index (χ2v) is 4.20. The third kappa shape index (κ3) is 2.79. The molecule has 3 N–H and O–H groups in total. The van der Waals surface area contributed by atoms with Crippen molar-refractivity contribution in [2.24, 2.45) is 0 Å². The van der Waals surface area contributed by atoms with Crippen LogP contribution in [-0.2, 0) is 6.42 Å². The molecule has 19 heavy (non-hydrogen) atoms. The molecule has 0 aliphatic heterocycles. The van der Waals surface area contributed by atoms with Crippen molar-refractivity contribution in [1.82, 2.24) is 9.97 Å². The predicted octanol–water partition coefficient (Wildman–Crippen LogP) is 0.503. The van der Waals surface area contributed by atoms with Gasteiger partial charge in [-0.15, -0.1) is 0 Å². The van der Waals surface area contributed by atoms with Gasteiger partial charge in [0.2, 0.25) is 5.88 Å². The SMILES string of the molecule is Cc1ccc(C(=O)Cc2c(O)[nH]c(=O)[nH]c2=O)cc1. The van der Waals surface area contributed by atoms with Gasteiger partial charge in [0.15, 0.2) is 5.78 Å². The Hall–Kier alpha value is -2.63. The van der Waals surface area contributed by atoms with Crippen LogP contribution in [0, 0.1) is 6.92 Å². The Morgan fingerprint density at radius 2 is 1.79 bits per heavy atom. The average Bonchev–Trinajstić information content (AvgIpc) is 2.34. The highest BCUT2D eigenvalue weighted by atomic mass is 16.3. The van der Waals surface area contributed by atoms with Crippen LogP contribution in [0.3, 0.4) is 0 Å². The summed E-state index contributed by atoms with van der Waals surface area (Å²) in [6, 6.07) is 6.86. The van der Waals surface area contributed by atoms with E-state index in [-0.39, 0.29) is 17.8 Å². The fourth-order valence-corrected chi connectivity index (χ4v) is 1.67. The third-order valence-corrected chi connectivity index (χ3v) is 2.73. The number of benzene rings is 1. The normalized spacial score (nSPS) is 10.4. The van der Waals surface area contributed by atoms with Gasteiger partial charge in [0.25, 0.3) is 5.56 Å². The summed E-state index contributed by atoms with van der Waals surface area (Å²) in [4.78, 5) is 38.4. The van der Waals surface area contributed by atoms with Crippen molar-refractivity contribution in [3.63, 3.8) is 0 Å². The van der Waals surface area contributed by atoms with Gasteiger partial charge in [0.05, 0.1) is 5.56 Å². The molecule has 0 atom stereocenters. The fraction of sp³-hybridized carbons (Fsp3) is 0.154. The molecule has 2 aromatic rings. The Labute approximate surface area is 107 Å². The topological polar surface area (TPSA) is 103 Å². The number of rotatable bonds is 3. The quantitative estimate of drug-likeness (QED) is 0.699. The van der Waals surface area contributed by atoms with Crippen LogP contribution in [0.15, 0.2) is 33.9 Å². The van der Waals surface area contributed by atoms with Crippen molar-refractivity contribution in [1.29, 1.82) is 0 Å². The number of carbonyl (C=O) groups is 1. The van der Waals surface area contributed by atoms with Gasteiger partial charge in [-0.1, -0.05) is 29.8 Å². The Bertz CT molecular complexity index is 726. The minimum absolute atomic E-state index is 0.148. The number of aromatic amines is 2. The number of aromatic hydroxyl groups is 1. The molecule has 0 bridgehead atoms. The summed E-state index contributed by atoms with van der Waals surface area (Å²) in [5.74, 6) is -0.887. The molecular weight excluding hydrogens is 248 g/mol. The van der Waals surface area contributed by atoms with E-state index in [1.54, 1.807) is 24.3 Å². The first-order chi connectivity index (χ1) is 8.97. The molecule has 1 aromatic carbocycles. The predicted molar refractivity (Wildman–Crippen MR) is 68.6 cm³/mol. The molecular formula is C13H12N2O4. The van der Waals surface area contributed by atoms with Crippen LogP contribution in [0.25, 0.3) is 0 Å². The Morgan fingerprint density at radius 3 is 2.37 bits per heavy atom. The molecule has 0 spiro atoms. The minimum atomic E-state index is -0.811. The Kier molecular flexibility index (Phi) is 3.33. The van der Waals surface area contributed by atoms with E-state index in [0.29, 0.717) is 5.56 Å². The summed E-state index contributed by atoms with van der Waals surface area (Å²) in [5.41, 5.74) is -0.266. The monoisotopic (exact) mass is 260 g/mol. The lowest BCUT2D eigenvalue weighted by Crippen LogP contribution is -2.26. The summed E-state index contributed by atoms with van der Waals surface area (Å²) in [5, 5.41) is 9.48. The second-order valence-electron chi connectivity index (χ2n) is 4.20. The van der Waals surface area contributed by atoms with E-state index in [0.717, 1.165) is 5.56 Å². The number of H-pyrrole nitrogens is 2. The van der Waals surface area contributed by atoms with E-state index in [9.17, 15) is 19.5 Å². The maximum atomic E-state index is 12.0. The van der Waals surface area contributed by atoms with Crippen molar-refractivity contribution >= 4 is 5.78 Å². The van der Waals surface area contributed by atoms with Gasteiger partial charge in [-0.2, -0.15) is 0 Å². The van der Waals surface area contributed by atoms with Crippen molar-refractivity contribution in [2.75, 3.05) is 0 Å². The molecule has 0 aliphatic rings. The molecule has 1 aromatic heterocycles. The summed E-state index contributed by atoms with van der Waals surface area (Å²) < 4.78 is 0. The van der Waals surface area contributed by atoms with Crippen molar-refractivity contribution < 1.29 is 9.90 Å². The van der Waals surface area contributed by atoms with Gasteiger partial charge in [0, 0.05) is 12.0 Å². The van der Waals surface area contributed by atoms with Gasteiger partial charge >= 0.3 is 5.69 Å². The zero-order valence-electron chi connectivity index (χ0n) is 10.2. The van der Waals surface area contributed by atoms with E-state index < -0.39 is 17.1 Å². The summed E-state index contributed by atoms with van der Waals surface area (Å²) >= 11 is 0. The number of carbonyl (C=O) groups excluding carboxylic acids is 1. The van der Waals surface area contributed by atoms with Crippen LogP contribution in [0.5, 0.6) is 5.88 Å². The van der Waals surface area contributed by atoms with Crippen LogP contribution in [-0.4, -0.2) is 20.9 Å². The number of aryl methyl sites for hydroxylation is 1. The first-order valence-electron chi connectivity index (χ1n) is 5.61. The maximum absolute atomic E-state index is 12.0. The lowest BCUT2D eigenvalue weighted by molar-refractivity contribution is 0.0991. The lowest BCUT2D eigenvalue weighted by atomic mass is 10.0. The van der Waals surface area contributed by atoms with E-state index in [2.05, 4.69) is 0 Å². The average molecular weight is 260 g/mol. The number of Topliss-reactive ketones (excluding diaryl/α,β-unsaturated/α-hetero) is 1. The first-order valence-corrected chi connectivity index (χ1v) is 5.61. The number of nitrogens with one attached hydrogen (secondary N) is 2. The molecule has 0 radical (unpaired) electrons. The number of ketones is 1. The molecule has 98 valence electrons. The zero-order chi connectivity index (χ0) is 14.0. The maximum Gasteiger partial charge on any atom is 0.328 e. The van der Waals surface area contributed by atoms with E-state index >= 15 is 0 Å². The molecule has 6 heteroatoms. The highest BCUT2D eigenvalue weighted by Crippen LogP contribution is 2.11. The number of aromatic nitrogens is 2. The summed E-state index contributed by atoms with van der Waals surface area (Å²) in [6.45, 7) is 1.90. The summed E-state index contributed by atoms with van der Waals surface area (Å²) in [6.07, 6.45) is -0.277.